The standard InChI is InChI=1S/C27H26FNO4S/c1-5-33-21-11-6-17(14-20(21)15(2)3)24(30)22-23(26-16(4)12-13-34-26)29(27(32)25(22)31)19-9-7-18(28)8-10-19/h6-15,23,30H,5H2,1-4H3/b24-22-. The molecule has 1 N–H and O–H groups in total. The van der Waals surface area contributed by atoms with Gasteiger partial charge in [-0.1, -0.05) is 13.8 Å². The van der Waals surface area contributed by atoms with E-state index in [0.29, 0.717) is 23.6 Å². The third kappa shape index (κ3) is 4.12. The number of hydrogen-bond donors (Lipinski definition) is 1. The molecule has 0 saturated carbocycles. The summed E-state index contributed by atoms with van der Waals surface area (Å²) in [6, 6.07) is 11.8. The molecule has 1 aromatic heterocycles. The van der Waals surface area contributed by atoms with Crippen LogP contribution < -0.4 is 9.64 Å². The Morgan fingerprint density at radius 1 is 1.15 bits per heavy atom. The van der Waals surface area contributed by atoms with Crippen molar-refractivity contribution in [3.8, 4) is 5.75 Å². The molecule has 2 aromatic carbocycles. The maximum atomic E-state index is 13.6. The normalized spacial score (nSPS) is 17.6. The molecule has 34 heavy (non-hydrogen) atoms. The fourth-order valence-electron chi connectivity index (χ4n) is 4.20. The van der Waals surface area contributed by atoms with Crippen molar-refractivity contribution in [3.05, 3.63) is 86.9 Å². The van der Waals surface area contributed by atoms with E-state index in [1.54, 1.807) is 18.2 Å². The van der Waals surface area contributed by atoms with Gasteiger partial charge >= 0.3 is 0 Å². The summed E-state index contributed by atoms with van der Waals surface area (Å²) in [7, 11) is 0. The molecule has 1 aliphatic heterocycles. The number of amides is 1. The number of benzene rings is 2. The molecule has 1 aliphatic rings. The number of aliphatic hydroxyl groups is 1. The van der Waals surface area contributed by atoms with Gasteiger partial charge in [-0.25, -0.2) is 4.39 Å². The number of nitrogens with zero attached hydrogens (tertiary/aromatic N) is 1. The Labute approximate surface area is 202 Å². The van der Waals surface area contributed by atoms with Gasteiger partial charge in [0.2, 0.25) is 0 Å². The maximum Gasteiger partial charge on any atom is 0.300 e. The van der Waals surface area contributed by atoms with Crippen LogP contribution in [0.5, 0.6) is 5.75 Å². The van der Waals surface area contributed by atoms with Crippen molar-refractivity contribution in [2.75, 3.05) is 11.5 Å². The second-order valence-corrected chi connectivity index (χ2v) is 9.40. The lowest BCUT2D eigenvalue weighted by atomic mass is 9.94. The largest absolute Gasteiger partial charge is 0.507 e. The molecule has 1 saturated heterocycles. The van der Waals surface area contributed by atoms with E-state index >= 15 is 0 Å². The first-order chi connectivity index (χ1) is 16.2. The molecule has 1 atom stereocenters. The van der Waals surface area contributed by atoms with Crippen molar-refractivity contribution < 1.29 is 23.8 Å². The first-order valence-electron chi connectivity index (χ1n) is 11.1. The smallest absolute Gasteiger partial charge is 0.300 e. The Hall–Kier alpha value is -3.45. The summed E-state index contributed by atoms with van der Waals surface area (Å²) in [4.78, 5) is 28.6. The van der Waals surface area contributed by atoms with Crippen molar-refractivity contribution in [1.29, 1.82) is 0 Å². The Morgan fingerprint density at radius 3 is 2.44 bits per heavy atom. The van der Waals surface area contributed by atoms with Gasteiger partial charge in [0, 0.05) is 16.1 Å². The van der Waals surface area contributed by atoms with Crippen molar-refractivity contribution in [2.24, 2.45) is 0 Å². The summed E-state index contributed by atoms with van der Waals surface area (Å²) >= 11 is 1.40. The number of Topliss-reactive ketones (excluding diaryl/α,β-unsaturated/α-hetero) is 1. The van der Waals surface area contributed by atoms with Crippen LogP contribution >= 0.6 is 11.3 Å². The molecular formula is C27H26FNO4S. The van der Waals surface area contributed by atoms with Crippen LogP contribution in [0.2, 0.25) is 0 Å². The van der Waals surface area contributed by atoms with Gasteiger partial charge in [0.15, 0.2) is 0 Å². The van der Waals surface area contributed by atoms with Crippen LogP contribution in [0.15, 0.2) is 59.5 Å². The van der Waals surface area contributed by atoms with Crippen molar-refractivity contribution in [3.63, 3.8) is 0 Å². The van der Waals surface area contributed by atoms with Crippen molar-refractivity contribution in [2.45, 2.75) is 39.7 Å². The van der Waals surface area contributed by atoms with E-state index in [0.717, 1.165) is 16.0 Å². The molecule has 0 bridgehead atoms. The minimum Gasteiger partial charge on any atom is -0.507 e. The summed E-state index contributed by atoms with van der Waals surface area (Å²) in [6.45, 7) is 8.34. The van der Waals surface area contributed by atoms with E-state index in [1.165, 1.54) is 40.5 Å². The van der Waals surface area contributed by atoms with Gasteiger partial charge in [0.05, 0.1) is 12.2 Å². The lowest BCUT2D eigenvalue weighted by Crippen LogP contribution is -2.29. The molecule has 1 amide bonds. The number of aliphatic hydroxyl groups excluding tert-OH is 1. The zero-order valence-electron chi connectivity index (χ0n) is 19.5. The summed E-state index contributed by atoms with van der Waals surface area (Å²) in [5, 5.41) is 13.3. The molecule has 3 aromatic rings. The fraction of sp³-hybridized carbons (Fsp3) is 0.259. The number of thiophene rings is 1. The average molecular weight is 480 g/mol. The minimum absolute atomic E-state index is 0.0127. The van der Waals surface area contributed by atoms with E-state index in [9.17, 15) is 19.1 Å². The molecule has 2 heterocycles. The third-order valence-electron chi connectivity index (χ3n) is 5.90. The first kappa shape index (κ1) is 23.7. The Bertz CT molecular complexity index is 1280. The number of aryl methyl sites for hydroxylation is 1. The summed E-state index contributed by atoms with van der Waals surface area (Å²) < 4.78 is 19.3. The van der Waals surface area contributed by atoms with Crippen LogP contribution in [-0.2, 0) is 9.59 Å². The predicted molar refractivity (Wildman–Crippen MR) is 132 cm³/mol. The Morgan fingerprint density at radius 2 is 1.85 bits per heavy atom. The predicted octanol–water partition coefficient (Wildman–Crippen LogP) is 6.34. The van der Waals surface area contributed by atoms with Gasteiger partial charge in [-0.2, -0.15) is 0 Å². The monoisotopic (exact) mass is 479 g/mol. The van der Waals surface area contributed by atoms with Gasteiger partial charge in [0.1, 0.15) is 23.4 Å². The lowest BCUT2D eigenvalue weighted by Gasteiger charge is -2.25. The molecule has 5 nitrogen and oxygen atoms in total. The van der Waals surface area contributed by atoms with Crippen molar-refractivity contribution in [1.82, 2.24) is 0 Å². The second-order valence-electron chi connectivity index (χ2n) is 8.45. The first-order valence-corrected chi connectivity index (χ1v) is 12.0. The number of carbonyl (C=O) groups is 2. The molecule has 0 spiro atoms. The third-order valence-corrected chi connectivity index (χ3v) is 6.98. The van der Waals surface area contributed by atoms with E-state index in [2.05, 4.69) is 0 Å². The van der Waals surface area contributed by atoms with Crippen LogP contribution in [0.3, 0.4) is 0 Å². The van der Waals surface area contributed by atoms with Gasteiger partial charge in [-0.05, 0) is 84.8 Å². The highest BCUT2D eigenvalue weighted by Gasteiger charge is 2.48. The number of ketones is 1. The summed E-state index contributed by atoms with van der Waals surface area (Å²) in [5.74, 6) is -1.40. The van der Waals surface area contributed by atoms with E-state index < -0.39 is 23.5 Å². The molecule has 0 radical (unpaired) electrons. The number of ether oxygens (including phenoxy) is 1. The highest BCUT2D eigenvalue weighted by molar-refractivity contribution is 7.10. The van der Waals surface area contributed by atoms with E-state index in [1.807, 2.05) is 39.1 Å². The lowest BCUT2D eigenvalue weighted by molar-refractivity contribution is -0.132. The molecule has 0 aliphatic carbocycles. The quantitative estimate of drug-likeness (QED) is 0.254. The molecule has 7 heteroatoms. The number of hydrogen-bond acceptors (Lipinski definition) is 5. The molecule has 1 fully saturated rings. The average Bonchev–Trinajstić information content (AvgIpc) is 3.34. The van der Waals surface area contributed by atoms with Gasteiger partial charge in [-0.3, -0.25) is 14.5 Å². The molecule has 4 rings (SSSR count). The van der Waals surface area contributed by atoms with E-state index in [4.69, 9.17) is 4.74 Å². The summed E-state index contributed by atoms with van der Waals surface area (Å²) in [5.41, 5.74) is 2.61. The van der Waals surface area contributed by atoms with Gasteiger partial charge in [-0.15, -0.1) is 11.3 Å². The molecule has 1 unspecified atom stereocenters. The number of rotatable bonds is 6. The second kappa shape index (κ2) is 9.43. The Balaban J connectivity index is 1.92. The topological polar surface area (TPSA) is 66.8 Å². The fourth-order valence-corrected chi connectivity index (χ4v) is 5.23. The zero-order valence-corrected chi connectivity index (χ0v) is 20.3. The van der Waals surface area contributed by atoms with E-state index in [-0.39, 0.29) is 17.3 Å². The highest BCUT2D eigenvalue weighted by Crippen LogP contribution is 2.45. The molecule has 176 valence electrons. The minimum atomic E-state index is -0.820. The SMILES string of the molecule is CCOc1ccc(/C(O)=C2/C(=O)C(=O)N(c3ccc(F)cc3)C2c2sccc2C)cc1C(C)C. The summed E-state index contributed by atoms with van der Waals surface area (Å²) in [6.07, 6.45) is 0. The number of anilines is 1. The number of halogens is 1. The van der Waals surface area contributed by atoms with Crippen LogP contribution in [0.25, 0.3) is 5.76 Å². The maximum absolute atomic E-state index is 13.6. The van der Waals surface area contributed by atoms with Crippen LogP contribution in [0, 0.1) is 12.7 Å². The van der Waals surface area contributed by atoms with Gasteiger partial charge < -0.3 is 9.84 Å². The zero-order chi connectivity index (χ0) is 24.6. The van der Waals surface area contributed by atoms with Crippen LogP contribution in [-0.4, -0.2) is 23.4 Å². The van der Waals surface area contributed by atoms with Gasteiger partial charge in [0.25, 0.3) is 11.7 Å². The van der Waals surface area contributed by atoms with Crippen LogP contribution in [0.4, 0.5) is 10.1 Å². The molecular weight excluding hydrogens is 453 g/mol. The highest BCUT2D eigenvalue weighted by atomic mass is 32.1. The Kier molecular flexibility index (Phi) is 6.57. The number of carbonyl (C=O) groups excluding carboxylic acids is 2. The van der Waals surface area contributed by atoms with Crippen LogP contribution in [0.1, 0.15) is 54.3 Å². The van der Waals surface area contributed by atoms with Crippen molar-refractivity contribution >= 4 is 34.5 Å².